The average molecular weight is 278 g/mol. The second-order valence-electron chi connectivity index (χ2n) is 3.77. The fourth-order valence-electron chi connectivity index (χ4n) is 1.78. The highest BCUT2D eigenvalue weighted by molar-refractivity contribution is 5.92. The Morgan fingerprint density at radius 1 is 1.47 bits per heavy atom. The second-order valence-corrected chi connectivity index (χ2v) is 3.77. The molecule has 0 saturated carbocycles. The highest BCUT2D eigenvalue weighted by Crippen LogP contribution is 2.07. The van der Waals surface area contributed by atoms with Gasteiger partial charge >= 0.3 is 0 Å². The third-order valence-electron chi connectivity index (χ3n) is 2.65. The van der Waals surface area contributed by atoms with Gasteiger partial charge in [0.05, 0.1) is 0 Å². The first kappa shape index (κ1) is 16.2. The van der Waals surface area contributed by atoms with Crippen molar-refractivity contribution in [3.63, 3.8) is 0 Å². The molecule has 0 aromatic carbocycles. The Bertz CT molecular complexity index is 348. The van der Waals surface area contributed by atoms with Gasteiger partial charge in [0.1, 0.15) is 5.69 Å². The zero-order chi connectivity index (χ0) is 10.7. The Labute approximate surface area is 114 Å². The van der Waals surface area contributed by atoms with Crippen LogP contribution in [0.25, 0.3) is 0 Å². The highest BCUT2D eigenvalue weighted by atomic mass is 35.5. The van der Waals surface area contributed by atoms with Gasteiger partial charge in [-0.05, 0) is 19.1 Å². The molecule has 17 heavy (non-hydrogen) atoms. The average Bonchev–Trinajstić information content (AvgIpc) is 2.30. The SMILES string of the molecule is C[C@@H]1CNCCN1C(=O)c1ccccn1.Cl.Cl. The summed E-state index contributed by atoms with van der Waals surface area (Å²) in [4.78, 5) is 18.0. The summed E-state index contributed by atoms with van der Waals surface area (Å²) in [6.07, 6.45) is 1.65. The molecule has 1 aliphatic heterocycles. The first-order chi connectivity index (χ1) is 7.29. The quantitative estimate of drug-likeness (QED) is 0.843. The monoisotopic (exact) mass is 277 g/mol. The number of hydrogen-bond acceptors (Lipinski definition) is 3. The van der Waals surface area contributed by atoms with Crippen molar-refractivity contribution < 1.29 is 4.79 Å². The Morgan fingerprint density at radius 2 is 2.24 bits per heavy atom. The van der Waals surface area contributed by atoms with Gasteiger partial charge in [-0.3, -0.25) is 9.78 Å². The topological polar surface area (TPSA) is 45.2 Å². The predicted octanol–water partition coefficient (Wildman–Crippen LogP) is 1.36. The number of amides is 1. The largest absolute Gasteiger partial charge is 0.332 e. The standard InChI is InChI=1S/C11H15N3O.2ClH/c1-9-8-12-6-7-14(9)11(15)10-4-2-3-5-13-10;;/h2-5,9,12H,6-8H2,1H3;2*1H/t9-;;/m1../s1. The van der Waals surface area contributed by atoms with Crippen LogP contribution in [0.5, 0.6) is 0 Å². The maximum atomic E-state index is 12.0. The van der Waals surface area contributed by atoms with Crippen molar-refractivity contribution in [3.05, 3.63) is 30.1 Å². The highest BCUT2D eigenvalue weighted by Gasteiger charge is 2.24. The fraction of sp³-hybridized carbons (Fsp3) is 0.455. The number of carbonyl (C=O) groups excluding carboxylic acids is 1. The third-order valence-corrected chi connectivity index (χ3v) is 2.65. The zero-order valence-electron chi connectivity index (χ0n) is 9.63. The van der Waals surface area contributed by atoms with Crippen molar-refractivity contribution in [2.75, 3.05) is 19.6 Å². The number of nitrogens with one attached hydrogen (secondary N) is 1. The minimum absolute atomic E-state index is 0. The minimum Gasteiger partial charge on any atom is -0.332 e. The van der Waals surface area contributed by atoms with Crippen molar-refractivity contribution in [2.45, 2.75) is 13.0 Å². The number of carbonyl (C=O) groups is 1. The van der Waals surface area contributed by atoms with Crippen LogP contribution in [0.3, 0.4) is 0 Å². The van der Waals surface area contributed by atoms with Crippen LogP contribution in [0.15, 0.2) is 24.4 Å². The molecule has 2 heterocycles. The molecule has 1 amide bonds. The van der Waals surface area contributed by atoms with Gasteiger partial charge in [0, 0.05) is 31.9 Å². The Morgan fingerprint density at radius 3 is 2.82 bits per heavy atom. The summed E-state index contributed by atoms with van der Waals surface area (Å²) in [5.41, 5.74) is 0.534. The third kappa shape index (κ3) is 3.84. The maximum absolute atomic E-state index is 12.0. The summed E-state index contributed by atoms with van der Waals surface area (Å²) in [5.74, 6) is 0.0320. The number of piperazine rings is 1. The number of rotatable bonds is 1. The normalized spacial score (nSPS) is 18.9. The van der Waals surface area contributed by atoms with Crippen molar-refractivity contribution in [1.82, 2.24) is 15.2 Å². The van der Waals surface area contributed by atoms with E-state index in [9.17, 15) is 4.79 Å². The molecular weight excluding hydrogens is 261 g/mol. The molecule has 2 rings (SSSR count). The van der Waals surface area contributed by atoms with Gasteiger partial charge in [-0.25, -0.2) is 0 Å². The summed E-state index contributed by atoms with van der Waals surface area (Å²) in [6.45, 7) is 4.53. The molecule has 1 aromatic rings. The lowest BCUT2D eigenvalue weighted by Crippen LogP contribution is -2.52. The van der Waals surface area contributed by atoms with Gasteiger partial charge in [-0.2, -0.15) is 0 Å². The number of hydrogen-bond donors (Lipinski definition) is 1. The van der Waals surface area contributed by atoms with Crippen LogP contribution in [0.2, 0.25) is 0 Å². The van der Waals surface area contributed by atoms with Gasteiger partial charge in [0.25, 0.3) is 5.91 Å². The summed E-state index contributed by atoms with van der Waals surface area (Å²) < 4.78 is 0. The molecule has 0 aliphatic carbocycles. The van der Waals surface area contributed by atoms with E-state index in [0.717, 1.165) is 19.6 Å². The lowest BCUT2D eigenvalue weighted by Gasteiger charge is -2.33. The maximum Gasteiger partial charge on any atom is 0.272 e. The van der Waals surface area contributed by atoms with E-state index in [-0.39, 0.29) is 36.8 Å². The van der Waals surface area contributed by atoms with Crippen molar-refractivity contribution in [2.24, 2.45) is 0 Å². The number of aromatic nitrogens is 1. The lowest BCUT2D eigenvalue weighted by atomic mass is 10.2. The molecule has 96 valence electrons. The second kappa shape index (κ2) is 7.48. The summed E-state index contributed by atoms with van der Waals surface area (Å²) in [7, 11) is 0. The Kier molecular flexibility index (Phi) is 7.11. The summed E-state index contributed by atoms with van der Waals surface area (Å²) >= 11 is 0. The first-order valence-electron chi connectivity index (χ1n) is 5.22. The molecule has 0 radical (unpaired) electrons. The summed E-state index contributed by atoms with van der Waals surface area (Å²) in [6, 6.07) is 5.66. The molecule has 0 bridgehead atoms. The zero-order valence-corrected chi connectivity index (χ0v) is 11.3. The lowest BCUT2D eigenvalue weighted by molar-refractivity contribution is 0.0649. The van der Waals surface area contributed by atoms with Crippen molar-refractivity contribution in [3.8, 4) is 0 Å². The van der Waals surface area contributed by atoms with Crippen molar-refractivity contribution >= 4 is 30.7 Å². The number of pyridine rings is 1. The van der Waals surface area contributed by atoms with E-state index < -0.39 is 0 Å². The molecule has 1 fully saturated rings. The van der Waals surface area contributed by atoms with E-state index in [0.29, 0.717) is 5.69 Å². The van der Waals surface area contributed by atoms with Crippen LogP contribution in [0.1, 0.15) is 17.4 Å². The predicted molar refractivity (Wildman–Crippen MR) is 72.1 cm³/mol. The molecule has 1 aromatic heterocycles. The summed E-state index contributed by atoms with van der Waals surface area (Å²) in [5, 5.41) is 3.26. The van der Waals surface area contributed by atoms with Crippen LogP contribution in [-0.2, 0) is 0 Å². The van der Waals surface area contributed by atoms with Gasteiger partial charge in [-0.15, -0.1) is 24.8 Å². The van der Waals surface area contributed by atoms with E-state index in [2.05, 4.69) is 10.3 Å². The van der Waals surface area contributed by atoms with Crippen LogP contribution in [0, 0.1) is 0 Å². The molecule has 4 nitrogen and oxygen atoms in total. The molecule has 6 heteroatoms. The molecular formula is C11H17Cl2N3O. The molecule has 1 saturated heterocycles. The van der Waals surface area contributed by atoms with E-state index in [1.54, 1.807) is 12.3 Å². The van der Waals surface area contributed by atoms with E-state index in [1.165, 1.54) is 0 Å². The fourth-order valence-corrected chi connectivity index (χ4v) is 1.78. The van der Waals surface area contributed by atoms with Crippen LogP contribution < -0.4 is 5.32 Å². The van der Waals surface area contributed by atoms with Crippen LogP contribution >= 0.6 is 24.8 Å². The number of halogens is 2. The minimum atomic E-state index is 0. The molecule has 0 spiro atoms. The van der Waals surface area contributed by atoms with Gasteiger partial charge in [0.15, 0.2) is 0 Å². The van der Waals surface area contributed by atoms with Crippen molar-refractivity contribution in [1.29, 1.82) is 0 Å². The Balaban J connectivity index is 0.00000128. The van der Waals surface area contributed by atoms with E-state index >= 15 is 0 Å². The Hall–Kier alpha value is -0.840. The molecule has 1 atom stereocenters. The van der Waals surface area contributed by atoms with Gasteiger partial charge < -0.3 is 10.2 Å². The van der Waals surface area contributed by atoms with Gasteiger partial charge in [-0.1, -0.05) is 6.07 Å². The molecule has 1 N–H and O–H groups in total. The van der Waals surface area contributed by atoms with Gasteiger partial charge in [0.2, 0.25) is 0 Å². The van der Waals surface area contributed by atoms with E-state index in [1.807, 2.05) is 24.0 Å². The number of nitrogens with zero attached hydrogens (tertiary/aromatic N) is 2. The molecule has 0 unspecified atom stereocenters. The first-order valence-corrected chi connectivity index (χ1v) is 5.22. The van der Waals surface area contributed by atoms with E-state index in [4.69, 9.17) is 0 Å². The molecule has 1 aliphatic rings. The smallest absolute Gasteiger partial charge is 0.272 e. The van der Waals surface area contributed by atoms with Crippen LogP contribution in [-0.4, -0.2) is 41.5 Å². The van der Waals surface area contributed by atoms with Crippen LogP contribution in [0.4, 0.5) is 0 Å².